The van der Waals surface area contributed by atoms with Gasteiger partial charge in [-0.3, -0.25) is 19.4 Å². The molecule has 24 heavy (non-hydrogen) atoms. The average Bonchev–Trinajstić information content (AvgIpc) is 2.83. The van der Waals surface area contributed by atoms with E-state index in [0.29, 0.717) is 30.8 Å². The molecular formula is C18H18FN3O2. The molecule has 0 aliphatic carbocycles. The van der Waals surface area contributed by atoms with E-state index in [1.165, 1.54) is 17.2 Å². The van der Waals surface area contributed by atoms with Crippen molar-refractivity contribution in [3.8, 4) is 0 Å². The summed E-state index contributed by atoms with van der Waals surface area (Å²) < 4.78 is 13.2. The van der Waals surface area contributed by atoms with Crippen LogP contribution in [0.25, 0.3) is 0 Å². The smallest absolute Gasteiger partial charge is 0.261 e. The summed E-state index contributed by atoms with van der Waals surface area (Å²) in [5.74, 6) is -1.01. The molecule has 6 heteroatoms. The number of nitrogens with zero attached hydrogens (tertiary/aromatic N) is 3. The van der Waals surface area contributed by atoms with Crippen molar-refractivity contribution >= 4 is 11.8 Å². The molecule has 0 unspecified atom stereocenters. The minimum atomic E-state index is -0.510. The van der Waals surface area contributed by atoms with Gasteiger partial charge in [0.1, 0.15) is 0 Å². The SMILES string of the molecule is CCN(CCN1C(=O)c2ccccc2C1=O)Cc1ccnc(F)c1. The number of halogens is 1. The number of fused-ring (bicyclic) bond motifs is 1. The summed E-state index contributed by atoms with van der Waals surface area (Å²) in [5, 5.41) is 0. The van der Waals surface area contributed by atoms with Crippen LogP contribution < -0.4 is 0 Å². The van der Waals surface area contributed by atoms with Gasteiger partial charge in [0.25, 0.3) is 11.8 Å². The Morgan fingerprint density at radius 2 is 1.79 bits per heavy atom. The fraction of sp³-hybridized carbons (Fsp3) is 0.278. The Labute approximate surface area is 139 Å². The zero-order valence-corrected chi connectivity index (χ0v) is 13.4. The van der Waals surface area contributed by atoms with Crippen molar-refractivity contribution in [1.82, 2.24) is 14.8 Å². The Morgan fingerprint density at radius 3 is 2.38 bits per heavy atom. The highest BCUT2D eigenvalue weighted by Gasteiger charge is 2.34. The van der Waals surface area contributed by atoms with Crippen LogP contribution in [-0.4, -0.2) is 46.2 Å². The molecule has 3 rings (SSSR count). The summed E-state index contributed by atoms with van der Waals surface area (Å²) in [4.78, 5) is 31.6. The maximum Gasteiger partial charge on any atom is 0.261 e. The number of hydrogen-bond acceptors (Lipinski definition) is 4. The largest absolute Gasteiger partial charge is 0.298 e. The quantitative estimate of drug-likeness (QED) is 0.604. The molecule has 0 fully saturated rings. The second-order valence-electron chi connectivity index (χ2n) is 5.66. The number of carbonyl (C=O) groups is 2. The van der Waals surface area contributed by atoms with Crippen LogP contribution in [0.2, 0.25) is 0 Å². The van der Waals surface area contributed by atoms with Gasteiger partial charge in [-0.2, -0.15) is 4.39 Å². The van der Waals surface area contributed by atoms with Crippen molar-refractivity contribution in [2.45, 2.75) is 13.5 Å². The van der Waals surface area contributed by atoms with E-state index in [1.807, 2.05) is 6.92 Å². The Balaban J connectivity index is 1.64. The van der Waals surface area contributed by atoms with E-state index in [2.05, 4.69) is 9.88 Å². The van der Waals surface area contributed by atoms with Crippen LogP contribution in [-0.2, 0) is 6.54 Å². The second-order valence-corrected chi connectivity index (χ2v) is 5.66. The van der Waals surface area contributed by atoms with Crippen molar-refractivity contribution < 1.29 is 14.0 Å². The Hall–Kier alpha value is -2.60. The third-order valence-electron chi connectivity index (χ3n) is 4.16. The van der Waals surface area contributed by atoms with Gasteiger partial charge in [0, 0.05) is 25.8 Å². The van der Waals surface area contributed by atoms with Gasteiger partial charge in [-0.1, -0.05) is 19.1 Å². The summed E-state index contributed by atoms with van der Waals surface area (Å²) in [6.45, 7) is 4.10. The van der Waals surface area contributed by atoms with Crippen molar-refractivity contribution in [1.29, 1.82) is 0 Å². The lowest BCUT2D eigenvalue weighted by molar-refractivity contribution is 0.0635. The monoisotopic (exact) mass is 327 g/mol. The van der Waals surface area contributed by atoms with E-state index in [-0.39, 0.29) is 11.8 Å². The maximum atomic E-state index is 13.2. The number of imide groups is 1. The molecule has 0 spiro atoms. The normalized spacial score (nSPS) is 13.7. The standard InChI is InChI=1S/C18H18FN3O2/c1-2-21(12-13-7-8-20-16(19)11-13)9-10-22-17(23)14-5-3-4-6-15(14)18(22)24/h3-8,11H,2,9-10,12H2,1H3. The first-order valence-electron chi connectivity index (χ1n) is 7.88. The average molecular weight is 327 g/mol. The van der Waals surface area contributed by atoms with E-state index in [0.717, 1.165) is 12.1 Å². The van der Waals surface area contributed by atoms with Crippen molar-refractivity contribution in [2.75, 3.05) is 19.6 Å². The molecule has 0 atom stereocenters. The van der Waals surface area contributed by atoms with E-state index in [1.54, 1.807) is 30.3 Å². The van der Waals surface area contributed by atoms with Crippen molar-refractivity contribution in [3.63, 3.8) is 0 Å². The predicted octanol–water partition coefficient (Wildman–Crippen LogP) is 2.34. The van der Waals surface area contributed by atoms with Crippen molar-refractivity contribution in [3.05, 3.63) is 65.2 Å². The lowest BCUT2D eigenvalue weighted by atomic mass is 10.1. The van der Waals surface area contributed by atoms with Gasteiger partial charge in [-0.15, -0.1) is 0 Å². The Bertz CT molecular complexity index is 743. The number of amides is 2. The molecule has 0 N–H and O–H groups in total. The molecular weight excluding hydrogens is 309 g/mol. The fourth-order valence-corrected chi connectivity index (χ4v) is 2.83. The predicted molar refractivity (Wildman–Crippen MR) is 87.0 cm³/mol. The Morgan fingerprint density at radius 1 is 1.12 bits per heavy atom. The van der Waals surface area contributed by atoms with E-state index < -0.39 is 5.95 Å². The molecule has 0 radical (unpaired) electrons. The van der Waals surface area contributed by atoms with Gasteiger partial charge >= 0.3 is 0 Å². The number of rotatable bonds is 6. The third kappa shape index (κ3) is 3.19. The first kappa shape index (κ1) is 16.3. The topological polar surface area (TPSA) is 53.5 Å². The summed E-state index contributed by atoms with van der Waals surface area (Å²) in [7, 11) is 0. The lowest BCUT2D eigenvalue weighted by Gasteiger charge is -2.23. The summed E-state index contributed by atoms with van der Waals surface area (Å²) in [6, 6.07) is 10.0. The molecule has 2 aromatic rings. The molecule has 124 valence electrons. The van der Waals surface area contributed by atoms with Crippen LogP contribution in [0.4, 0.5) is 4.39 Å². The molecule has 2 amide bonds. The van der Waals surface area contributed by atoms with E-state index in [4.69, 9.17) is 0 Å². The summed E-state index contributed by atoms with van der Waals surface area (Å²) in [5.41, 5.74) is 1.73. The molecule has 1 aromatic heterocycles. The number of benzene rings is 1. The lowest BCUT2D eigenvalue weighted by Crippen LogP contribution is -2.38. The first-order valence-corrected chi connectivity index (χ1v) is 7.88. The van der Waals surface area contributed by atoms with Gasteiger partial charge in [0.2, 0.25) is 5.95 Å². The van der Waals surface area contributed by atoms with Crippen LogP contribution in [0.5, 0.6) is 0 Å². The third-order valence-corrected chi connectivity index (χ3v) is 4.16. The first-order chi connectivity index (χ1) is 11.6. The highest BCUT2D eigenvalue weighted by molar-refractivity contribution is 6.21. The molecule has 0 saturated heterocycles. The number of aromatic nitrogens is 1. The van der Waals surface area contributed by atoms with Gasteiger partial charge in [-0.05, 0) is 36.4 Å². The van der Waals surface area contributed by atoms with Crippen LogP contribution >= 0.6 is 0 Å². The molecule has 0 bridgehead atoms. The van der Waals surface area contributed by atoms with Crippen LogP contribution in [0.1, 0.15) is 33.2 Å². The molecule has 0 saturated carbocycles. The zero-order chi connectivity index (χ0) is 17.1. The second kappa shape index (κ2) is 6.88. The van der Waals surface area contributed by atoms with Crippen LogP contribution in [0.3, 0.4) is 0 Å². The van der Waals surface area contributed by atoms with Crippen molar-refractivity contribution in [2.24, 2.45) is 0 Å². The van der Waals surface area contributed by atoms with Crippen LogP contribution in [0.15, 0.2) is 42.6 Å². The highest BCUT2D eigenvalue weighted by atomic mass is 19.1. The number of likely N-dealkylation sites (N-methyl/N-ethyl adjacent to an activating group) is 1. The minimum absolute atomic E-state index is 0.249. The fourth-order valence-electron chi connectivity index (χ4n) is 2.83. The molecule has 1 aliphatic heterocycles. The maximum absolute atomic E-state index is 13.2. The number of carbonyl (C=O) groups excluding carboxylic acids is 2. The summed E-state index contributed by atoms with van der Waals surface area (Å²) >= 11 is 0. The molecule has 2 heterocycles. The number of hydrogen-bond donors (Lipinski definition) is 0. The molecule has 1 aliphatic rings. The zero-order valence-electron chi connectivity index (χ0n) is 13.4. The van der Waals surface area contributed by atoms with Gasteiger partial charge < -0.3 is 0 Å². The highest BCUT2D eigenvalue weighted by Crippen LogP contribution is 2.22. The van der Waals surface area contributed by atoms with Crippen LogP contribution in [0, 0.1) is 5.95 Å². The molecule has 5 nitrogen and oxygen atoms in total. The number of pyridine rings is 1. The minimum Gasteiger partial charge on any atom is -0.298 e. The van der Waals surface area contributed by atoms with Gasteiger partial charge in [0.15, 0.2) is 0 Å². The van der Waals surface area contributed by atoms with E-state index in [9.17, 15) is 14.0 Å². The molecule has 1 aromatic carbocycles. The van der Waals surface area contributed by atoms with Gasteiger partial charge in [-0.25, -0.2) is 4.98 Å². The Kier molecular flexibility index (Phi) is 4.66. The van der Waals surface area contributed by atoms with Gasteiger partial charge in [0.05, 0.1) is 11.1 Å². The summed E-state index contributed by atoms with van der Waals surface area (Å²) in [6.07, 6.45) is 1.43. The van der Waals surface area contributed by atoms with E-state index >= 15 is 0 Å².